The van der Waals surface area contributed by atoms with Crippen molar-refractivity contribution in [3.05, 3.63) is 78.4 Å². The molecule has 0 spiro atoms. The fourth-order valence-electron chi connectivity index (χ4n) is 3.41. The zero-order chi connectivity index (χ0) is 20.4. The zero-order valence-corrected chi connectivity index (χ0v) is 17.0. The zero-order valence-electron chi connectivity index (χ0n) is 16.2. The molecule has 4 aromatic rings. The van der Waals surface area contributed by atoms with Gasteiger partial charge in [-0.25, -0.2) is 22.8 Å². The maximum Gasteiger partial charge on any atom is 0.274 e. The van der Waals surface area contributed by atoms with E-state index >= 15 is 0 Å². The van der Waals surface area contributed by atoms with Crippen LogP contribution in [0.2, 0.25) is 0 Å². The highest BCUT2D eigenvalue weighted by Crippen LogP contribution is 2.27. The molecule has 8 heteroatoms. The quantitative estimate of drug-likeness (QED) is 0.502. The van der Waals surface area contributed by atoms with E-state index in [0.717, 1.165) is 16.5 Å². The molecule has 0 aliphatic carbocycles. The van der Waals surface area contributed by atoms with Crippen LogP contribution in [0.15, 0.2) is 76.8 Å². The van der Waals surface area contributed by atoms with Crippen LogP contribution in [0.25, 0.3) is 11.0 Å². The van der Waals surface area contributed by atoms with Gasteiger partial charge in [0.15, 0.2) is 0 Å². The van der Waals surface area contributed by atoms with Gasteiger partial charge in [0, 0.05) is 17.5 Å². The third kappa shape index (κ3) is 3.94. The van der Waals surface area contributed by atoms with Crippen LogP contribution in [0.4, 0.5) is 0 Å². The molecule has 0 saturated heterocycles. The molecule has 2 atom stereocenters. The lowest BCUT2D eigenvalue weighted by Gasteiger charge is -2.27. The van der Waals surface area contributed by atoms with Crippen LogP contribution in [-0.2, 0) is 10.0 Å². The van der Waals surface area contributed by atoms with Crippen molar-refractivity contribution in [3.63, 3.8) is 0 Å². The summed E-state index contributed by atoms with van der Waals surface area (Å²) >= 11 is 0. The molecule has 0 radical (unpaired) electrons. The molecule has 0 amide bonds. The number of nitrogens with one attached hydrogen (secondary N) is 1. The fraction of sp³-hybridized carbons (Fsp3) is 0.238. The lowest BCUT2D eigenvalue weighted by atomic mass is 9.97. The molecule has 0 fully saturated rings. The number of sulfonamides is 1. The minimum absolute atomic E-state index is 0.0987. The summed E-state index contributed by atoms with van der Waals surface area (Å²) in [5.41, 5.74) is 2.61. The number of aromatic nitrogens is 3. The lowest BCUT2D eigenvalue weighted by molar-refractivity contribution is 0.389. The van der Waals surface area contributed by atoms with Gasteiger partial charge in [0.25, 0.3) is 10.0 Å². The molecule has 0 bridgehead atoms. The van der Waals surface area contributed by atoms with Gasteiger partial charge in [0.2, 0.25) is 5.09 Å². The summed E-state index contributed by atoms with van der Waals surface area (Å²) in [6.07, 6.45) is 3.60. The van der Waals surface area contributed by atoms with Gasteiger partial charge < -0.3 is 4.42 Å². The van der Waals surface area contributed by atoms with Crippen LogP contribution in [0.3, 0.4) is 0 Å². The van der Waals surface area contributed by atoms with Crippen LogP contribution in [0.5, 0.6) is 0 Å². The van der Waals surface area contributed by atoms with Crippen molar-refractivity contribution in [3.8, 4) is 0 Å². The predicted molar refractivity (Wildman–Crippen MR) is 110 cm³/mol. The van der Waals surface area contributed by atoms with E-state index in [4.69, 9.17) is 4.42 Å². The molecule has 2 aromatic heterocycles. The summed E-state index contributed by atoms with van der Waals surface area (Å²) in [6.45, 7) is 3.94. The largest absolute Gasteiger partial charge is 0.443 e. The molecule has 1 N–H and O–H groups in total. The van der Waals surface area contributed by atoms with Gasteiger partial charge in [-0.05, 0) is 25.0 Å². The Hall–Kier alpha value is -2.97. The van der Waals surface area contributed by atoms with Crippen LogP contribution in [0, 0.1) is 6.92 Å². The summed E-state index contributed by atoms with van der Waals surface area (Å²) in [5.74, 6) is 0. The number of aryl methyl sites for hydroxylation is 1. The average Bonchev–Trinajstić information content (AvgIpc) is 3.39. The van der Waals surface area contributed by atoms with Crippen LogP contribution in [0.1, 0.15) is 30.5 Å². The smallest absolute Gasteiger partial charge is 0.274 e. The van der Waals surface area contributed by atoms with E-state index < -0.39 is 16.1 Å². The predicted octanol–water partition coefficient (Wildman–Crippen LogP) is 3.68. The number of furan rings is 1. The number of nitrogens with zero attached hydrogens (tertiary/aromatic N) is 3. The molecule has 4 rings (SSSR count). The minimum atomic E-state index is -3.86. The molecule has 2 unspecified atom stereocenters. The first kappa shape index (κ1) is 19.4. The molecule has 0 aliphatic heterocycles. The highest BCUT2D eigenvalue weighted by Gasteiger charge is 2.30. The van der Waals surface area contributed by atoms with Gasteiger partial charge in [-0.3, -0.25) is 0 Å². The highest BCUT2D eigenvalue weighted by molar-refractivity contribution is 7.89. The molecular weight excluding hydrogens is 388 g/mol. The van der Waals surface area contributed by atoms with Crippen molar-refractivity contribution in [1.29, 1.82) is 0 Å². The monoisotopic (exact) mass is 410 g/mol. The van der Waals surface area contributed by atoms with Crippen molar-refractivity contribution >= 4 is 21.0 Å². The Kier molecular flexibility index (Phi) is 5.21. The number of fused-ring (bicyclic) bond motifs is 1. The highest BCUT2D eigenvalue weighted by atomic mass is 32.2. The number of hydrogen-bond acceptors (Lipinski definition) is 5. The van der Waals surface area contributed by atoms with Gasteiger partial charge in [-0.15, -0.1) is 0 Å². The molecule has 2 heterocycles. The molecule has 29 heavy (non-hydrogen) atoms. The lowest BCUT2D eigenvalue weighted by Crippen LogP contribution is -2.41. The Morgan fingerprint density at radius 3 is 2.55 bits per heavy atom. The van der Waals surface area contributed by atoms with Crippen molar-refractivity contribution in [1.82, 2.24) is 19.5 Å². The summed E-state index contributed by atoms with van der Waals surface area (Å²) in [4.78, 5) is 4.04. The van der Waals surface area contributed by atoms with Gasteiger partial charge >= 0.3 is 0 Å². The number of rotatable bonds is 7. The summed E-state index contributed by atoms with van der Waals surface area (Å²) < 4.78 is 36.2. The number of benzene rings is 2. The van der Waals surface area contributed by atoms with Crippen molar-refractivity contribution < 1.29 is 12.8 Å². The Bertz CT molecular complexity index is 1170. The second-order valence-electron chi connectivity index (χ2n) is 6.97. The first-order valence-electron chi connectivity index (χ1n) is 9.39. The van der Waals surface area contributed by atoms with Crippen LogP contribution < -0.4 is 4.72 Å². The van der Waals surface area contributed by atoms with E-state index in [0.29, 0.717) is 12.0 Å². The minimum Gasteiger partial charge on any atom is -0.443 e. The Balaban J connectivity index is 1.70. The van der Waals surface area contributed by atoms with Crippen molar-refractivity contribution in [2.24, 2.45) is 0 Å². The Morgan fingerprint density at radius 2 is 1.90 bits per heavy atom. The second kappa shape index (κ2) is 7.81. The molecule has 0 aliphatic rings. The van der Waals surface area contributed by atoms with E-state index in [1.54, 1.807) is 23.1 Å². The van der Waals surface area contributed by atoms with Crippen molar-refractivity contribution in [2.75, 3.05) is 0 Å². The first-order valence-corrected chi connectivity index (χ1v) is 10.9. The van der Waals surface area contributed by atoms with Gasteiger partial charge in [0.1, 0.15) is 18.2 Å². The van der Waals surface area contributed by atoms with Gasteiger partial charge in [-0.1, -0.05) is 55.0 Å². The summed E-state index contributed by atoms with van der Waals surface area (Å²) in [5, 5.41) is 4.91. The van der Waals surface area contributed by atoms with E-state index in [1.807, 2.05) is 56.3 Å². The van der Waals surface area contributed by atoms with E-state index in [-0.39, 0.29) is 11.1 Å². The van der Waals surface area contributed by atoms with Crippen molar-refractivity contribution in [2.45, 2.75) is 37.4 Å². The molecule has 0 saturated carbocycles. The van der Waals surface area contributed by atoms with E-state index in [2.05, 4.69) is 14.8 Å². The third-order valence-electron chi connectivity index (χ3n) is 4.94. The van der Waals surface area contributed by atoms with Gasteiger partial charge in [0.05, 0.1) is 6.04 Å². The Labute approximate surface area is 169 Å². The second-order valence-corrected chi connectivity index (χ2v) is 8.62. The van der Waals surface area contributed by atoms with E-state index in [9.17, 15) is 8.42 Å². The summed E-state index contributed by atoms with van der Waals surface area (Å²) in [7, 11) is -3.86. The fourth-order valence-corrected chi connectivity index (χ4v) is 4.70. The summed E-state index contributed by atoms with van der Waals surface area (Å²) in [6, 6.07) is 15.9. The van der Waals surface area contributed by atoms with Crippen LogP contribution in [-0.4, -0.2) is 29.2 Å². The number of hydrogen-bond donors (Lipinski definition) is 1. The maximum absolute atomic E-state index is 13.1. The first-order chi connectivity index (χ1) is 14.0. The third-order valence-corrected chi connectivity index (χ3v) is 6.28. The molecular formula is C21H22N4O3S. The SMILES string of the molecule is CCC(NS(=O)(=O)c1cc2ccccc2o1)C(c1ccc(C)cc1)n1cncn1. The van der Waals surface area contributed by atoms with E-state index in [1.165, 1.54) is 6.33 Å². The molecule has 7 nitrogen and oxygen atoms in total. The number of para-hydroxylation sites is 1. The molecule has 150 valence electrons. The Morgan fingerprint density at radius 1 is 1.14 bits per heavy atom. The van der Waals surface area contributed by atoms with Crippen LogP contribution >= 0.6 is 0 Å². The van der Waals surface area contributed by atoms with Gasteiger partial charge in [-0.2, -0.15) is 5.10 Å². The normalized spacial score (nSPS) is 14.1. The molecule has 2 aromatic carbocycles. The standard InChI is InChI=1S/C21H22N4O3S/c1-3-18(21(25-14-22-13-23-25)16-10-8-15(2)9-11-16)24-29(26,27)20-12-17-6-4-5-7-19(17)28-20/h4-14,18,21,24H,3H2,1-2H3. The average molecular weight is 410 g/mol. The topological polar surface area (TPSA) is 90.0 Å². The maximum atomic E-state index is 13.1.